The van der Waals surface area contributed by atoms with Crippen molar-refractivity contribution in [3.8, 4) is 17.0 Å². The molecule has 2 aromatic rings. The lowest BCUT2D eigenvalue weighted by atomic mass is 9.99. The predicted octanol–water partition coefficient (Wildman–Crippen LogP) is 3.65. The number of benzene rings is 1. The number of rotatable bonds is 7. The van der Waals surface area contributed by atoms with E-state index in [0.717, 1.165) is 75.7 Å². The van der Waals surface area contributed by atoms with Crippen molar-refractivity contribution < 1.29 is 9.47 Å². The van der Waals surface area contributed by atoms with Crippen molar-refractivity contribution in [1.29, 1.82) is 0 Å². The standard InChI is InChI=1S/C21H29N3O2/c1-2-3-11-26-18-6-4-17(5-7-18)21-19-14-24(10-8-20(19)22-23-21)13-16-9-12-25-15-16/h4-7,16H,2-3,8-15H2,1H3,(H,22,23). The topological polar surface area (TPSA) is 50.4 Å². The Bertz CT molecular complexity index is 705. The number of nitrogens with zero attached hydrogens (tertiary/aromatic N) is 2. The van der Waals surface area contributed by atoms with Crippen LogP contribution in [-0.2, 0) is 17.7 Å². The summed E-state index contributed by atoms with van der Waals surface area (Å²) < 4.78 is 11.3. The largest absolute Gasteiger partial charge is 0.494 e. The van der Waals surface area contributed by atoms with Crippen LogP contribution in [-0.4, -0.2) is 48.0 Å². The fourth-order valence-electron chi connectivity index (χ4n) is 3.88. The number of unbranched alkanes of at least 4 members (excludes halogenated alkanes) is 1. The third-order valence-electron chi connectivity index (χ3n) is 5.45. The van der Waals surface area contributed by atoms with Crippen LogP contribution in [0.5, 0.6) is 5.75 Å². The Hall–Kier alpha value is -1.85. The SMILES string of the molecule is CCCCOc1ccc(-c2n[nH]c3c2CN(CC2CCOC2)CC3)cc1. The Morgan fingerprint density at radius 2 is 2.19 bits per heavy atom. The number of hydrogen-bond donors (Lipinski definition) is 1. The van der Waals surface area contributed by atoms with Crippen LogP contribution in [0.25, 0.3) is 11.3 Å². The molecule has 4 rings (SSSR count). The molecule has 0 amide bonds. The average Bonchev–Trinajstić information content (AvgIpc) is 3.32. The molecule has 26 heavy (non-hydrogen) atoms. The van der Waals surface area contributed by atoms with Gasteiger partial charge in [0, 0.05) is 49.5 Å². The summed E-state index contributed by atoms with van der Waals surface area (Å²) in [5, 5.41) is 7.89. The summed E-state index contributed by atoms with van der Waals surface area (Å²) in [4.78, 5) is 2.56. The van der Waals surface area contributed by atoms with E-state index in [1.807, 2.05) is 0 Å². The Balaban J connectivity index is 1.44. The fraction of sp³-hybridized carbons (Fsp3) is 0.571. The maximum absolute atomic E-state index is 5.77. The number of aromatic amines is 1. The van der Waals surface area contributed by atoms with Gasteiger partial charge < -0.3 is 9.47 Å². The molecule has 0 aliphatic carbocycles. The van der Waals surface area contributed by atoms with Gasteiger partial charge in [0.15, 0.2) is 0 Å². The Morgan fingerprint density at radius 1 is 1.31 bits per heavy atom. The molecule has 1 aromatic carbocycles. The normalized spacial score (nSPS) is 20.3. The lowest BCUT2D eigenvalue weighted by Gasteiger charge is -2.29. The van der Waals surface area contributed by atoms with Crippen molar-refractivity contribution in [2.75, 3.05) is 32.9 Å². The summed E-state index contributed by atoms with van der Waals surface area (Å²) in [6, 6.07) is 8.37. The first-order chi connectivity index (χ1) is 12.8. The zero-order valence-corrected chi connectivity index (χ0v) is 15.7. The fourth-order valence-corrected chi connectivity index (χ4v) is 3.88. The van der Waals surface area contributed by atoms with E-state index in [4.69, 9.17) is 9.47 Å². The highest BCUT2D eigenvalue weighted by atomic mass is 16.5. The highest BCUT2D eigenvalue weighted by Gasteiger charge is 2.26. The number of aromatic nitrogens is 2. The van der Waals surface area contributed by atoms with E-state index in [-0.39, 0.29) is 0 Å². The second-order valence-corrected chi connectivity index (χ2v) is 7.47. The molecule has 1 unspecified atom stereocenters. The van der Waals surface area contributed by atoms with Gasteiger partial charge in [0.2, 0.25) is 0 Å². The van der Waals surface area contributed by atoms with Gasteiger partial charge in [0.1, 0.15) is 5.75 Å². The minimum absolute atomic E-state index is 0.687. The number of H-pyrrole nitrogens is 1. The molecule has 3 heterocycles. The van der Waals surface area contributed by atoms with Gasteiger partial charge in [-0.1, -0.05) is 13.3 Å². The van der Waals surface area contributed by atoms with Gasteiger partial charge >= 0.3 is 0 Å². The van der Waals surface area contributed by atoms with Crippen LogP contribution >= 0.6 is 0 Å². The number of fused-ring (bicyclic) bond motifs is 1. The summed E-state index contributed by atoms with van der Waals surface area (Å²) >= 11 is 0. The first-order valence-corrected chi connectivity index (χ1v) is 9.93. The molecule has 140 valence electrons. The maximum atomic E-state index is 5.77. The van der Waals surface area contributed by atoms with Crippen LogP contribution in [0.2, 0.25) is 0 Å². The number of ether oxygens (including phenoxy) is 2. The molecule has 0 bridgehead atoms. The third-order valence-corrected chi connectivity index (χ3v) is 5.45. The van der Waals surface area contributed by atoms with Crippen molar-refractivity contribution in [2.24, 2.45) is 5.92 Å². The van der Waals surface area contributed by atoms with Crippen molar-refractivity contribution in [3.05, 3.63) is 35.5 Å². The molecule has 0 saturated carbocycles. The summed E-state index contributed by atoms with van der Waals surface area (Å²) in [6.45, 7) is 8.02. The first kappa shape index (κ1) is 17.6. The quantitative estimate of drug-likeness (QED) is 0.770. The number of nitrogens with one attached hydrogen (secondary N) is 1. The van der Waals surface area contributed by atoms with Gasteiger partial charge in [-0.05, 0) is 43.0 Å². The Kier molecular flexibility index (Phi) is 5.56. The Labute approximate surface area is 155 Å². The van der Waals surface area contributed by atoms with Gasteiger partial charge in [-0.15, -0.1) is 0 Å². The van der Waals surface area contributed by atoms with Crippen LogP contribution in [0.15, 0.2) is 24.3 Å². The van der Waals surface area contributed by atoms with Crippen LogP contribution in [0.1, 0.15) is 37.4 Å². The van der Waals surface area contributed by atoms with Crippen molar-refractivity contribution >= 4 is 0 Å². The molecule has 2 aliphatic heterocycles. The van der Waals surface area contributed by atoms with Crippen LogP contribution in [0, 0.1) is 5.92 Å². The molecule has 2 aliphatic rings. The average molecular weight is 355 g/mol. The molecule has 1 fully saturated rings. The highest BCUT2D eigenvalue weighted by molar-refractivity contribution is 5.65. The van der Waals surface area contributed by atoms with Gasteiger partial charge in [0.05, 0.1) is 18.9 Å². The van der Waals surface area contributed by atoms with E-state index in [0.29, 0.717) is 5.92 Å². The molecule has 0 spiro atoms. The molecule has 1 atom stereocenters. The second kappa shape index (κ2) is 8.23. The maximum Gasteiger partial charge on any atom is 0.119 e. The molecule has 1 saturated heterocycles. The summed E-state index contributed by atoms with van der Waals surface area (Å²) in [5.74, 6) is 1.63. The minimum atomic E-state index is 0.687. The summed E-state index contributed by atoms with van der Waals surface area (Å²) in [7, 11) is 0. The zero-order valence-electron chi connectivity index (χ0n) is 15.7. The molecule has 1 aromatic heterocycles. The van der Waals surface area contributed by atoms with Gasteiger partial charge in [0.25, 0.3) is 0 Å². The first-order valence-electron chi connectivity index (χ1n) is 9.93. The second-order valence-electron chi connectivity index (χ2n) is 7.47. The van der Waals surface area contributed by atoms with E-state index >= 15 is 0 Å². The van der Waals surface area contributed by atoms with E-state index in [1.54, 1.807) is 0 Å². The third kappa shape index (κ3) is 3.94. The summed E-state index contributed by atoms with van der Waals surface area (Å²) in [5.41, 5.74) is 4.90. The lowest BCUT2D eigenvalue weighted by molar-refractivity contribution is 0.162. The van der Waals surface area contributed by atoms with Crippen molar-refractivity contribution in [3.63, 3.8) is 0 Å². The summed E-state index contributed by atoms with van der Waals surface area (Å²) in [6.07, 6.45) is 4.49. The van der Waals surface area contributed by atoms with Crippen LogP contribution < -0.4 is 4.74 Å². The van der Waals surface area contributed by atoms with Crippen molar-refractivity contribution in [1.82, 2.24) is 15.1 Å². The van der Waals surface area contributed by atoms with Gasteiger partial charge in [-0.3, -0.25) is 10.00 Å². The van der Waals surface area contributed by atoms with Gasteiger partial charge in [-0.2, -0.15) is 5.10 Å². The predicted molar refractivity (Wildman–Crippen MR) is 102 cm³/mol. The van der Waals surface area contributed by atoms with Crippen LogP contribution in [0.3, 0.4) is 0 Å². The van der Waals surface area contributed by atoms with Crippen molar-refractivity contribution in [2.45, 2.75) is 39.2 Å². The molecule has 1 N–H and O–H groups in total. The zero-order chi connectivity index (χ0) is 17.8. The highest BCUT2D eigenvalue weighted by Crippen LogP contribution is 2.30. The van der Waals surface area contributed by atoms with Gasteiger partial charge in [-0.25, -0.2) is 0 Å². The van der Waals surface area contributed by atoms with E-state index in [2.05, 4.69) is 46.3 Å². The minimum Gasteiger partial charge on any atom is -0.494 e. The lowest BCUT2D eigenvalue weighted by Crippen LogP contribution is -2.34. The Morgan fingerprint density at radius 3 is 2.96 bits per heavy atom. The van der Waals surface area contributed by atoms with E-state index in [1.165, 1.54) is 17.7 Å². The molecular weight excluding hydrogens is 326 g/mol. The molecule has 0 radical (unpaired) electrons. The molecular formula is C21H29N3O2. The smallest absolute Gasteiger partial charge is 0.119 e. The molecule has 5 heteroatoms. The van der Waals surface area contributed by atoms with E-state index < -0.39 is 0 Å². The van der Waals surface area contributed by atoms with E-state index in [9.17, 15) is 0 Å². The molecule has 5 nitrogen and oxygen atoms in total. The monoisotopic (exact) mass is 355 g/mol. The van der Waals surface area contributed by atoms with Crippen LogP contribution in [0.4, 0.5) is 0 Å². The number of hydrogen-bond acceptors (Lipinski definition) is 4.